The van der Waals surface area contributed by atoms with Gasteiger partial charge in [-0.3, -0.25) is 9.97 Å². The van der Waals surface area contributed by atoms with Gasteiger partial charge in [-0.2, -0.15) is 0 Å². The van der Waals surface area contributed by atoms with Crippen LogP contribution < -0.4 is 16.9 Å². The highest BCUT2D eigenvalue weighted by Gasteiger charge is 2.51. The first-order valence-corrected chi connectivity index (χ1v) is 16.4. The van der Waals surface area contributed by atoms with Crippen molar-refractivity contribution in [1.29, 1.82) is 0 Å². The predicted molar refractivity (Wildman–Crippen MR) is 198 cm³/mol. The zero-order valence-corrected chi connectivity index (χ0v) is 29.9. The molecule has 4 N–H and O–H groups in total. The van der Waals surface area contributed by atoms with Gasteiger partial charge in [0.05, 0.1) is 27.2 Å². The number of aryl methyl sites for hydroxylation is 2. The topological polar surface area (TPSA) is 148 Å². The number of halogens is 1. The maximum Gasteiger partial charge on any atom is 0.494 e. The predicted octanol–water partition coefficient (Wildman–Crippen LogP) is 7.51. The molecule has 0 spiro atoms. The molecule has 0 amide bonds. The van der Waals surface area contributed by atoms with Crippen LogP contribution in [0.1, 0.15) is 39.2 Å². The molecule has 1 aliphatic rings. The van der Waals surface area contributed by atoms with E-state index in [-0.39, 0.29) is 11.2 Å². The zero-order valence-electron chi connectivity index (χ0n) is 27.8. The van der Waals surface area contributed by atoms with Gasteiger partial charge in [-0.1, -0.05) is 46.7 Å². The van der Waals surface area contributed by atoms with Gasteiger partial charge in [0.15, 0.2) is 0 Å². The monoisotopic (exact) mass is 756 g/mol. The summed E-state index contributed by atoms with van der Waals surface area (Å²) in [6.07, 6.45) is 10.5. The van der Waals surface area contributed by atoms with Crippen molar-refractivity contribution in [3.05, 3.63) is 113 Å². The third-order valence-corrected chi connectivity index (χ3v) is 9.39. The van der Waals surface area contributed by atoms with Crippen molar-refractivity contribution in [2.75, 3.05) is 11.5 Å². The molecule has 0 radical (unpaired) electrons. The molecule has 246 valence electrons. The number of nitrogen functional groups attached to an aromatic ring is 2. The molecule has 2 aromatic carbocycles. The minimum absolute atomic E-state index is 0.353. The lowest BCUT2D eigenvalue weighted by Crippen LogP contribution is -2.41. The van der Waals surface area contributed by atoms with Crippen LogP contribution in [0.4, 0.5) is 11.4 Å². The third-order valence-electron chi connectivity index (χ3n) is 8.35. The second kappa shape index (κ2) is 14.7. The van der Waals surface area contributed by atoms with Crippen LogP contribution in [-0.2, 0) is 9.31 Å². The molecule has 0 aliphatic carbocycles. The molecule has 12 heteroatoms. The van der Waals surface area contributed by atoms with Gasteiger partial charge in [0, 0.05) is 64.0 Å². The smallest absolute Gasteiger partial charge is 0.399 e. The molecule has 0 unspecified atom stereocenters. The maximum atomic E-state index is 6.22. The Morgan fingerprint density at radius 1 is 0.625 bits per heavy atom. The second-order valence-corrected chi connectivity index (χ2v) is 13.4. The van der Waals surface area contributed by atoms with Gasteiger partial charge < -0.3 is 29.8 Å². The van der Waals surface area contributed by atoms with E-state index in [2.05, 4.69) is 42.9 Å². The zero-order chi connectivity index (χ0) is 34.5. The van der Waals surface area contributed by atoms with E-state index in [0.717, 1.165) is 53.9 Å². The van der Waals surface area contributed by atoms with Gasteiger partial charge in [0.1, 0.15) is 11.5 Å². The average Bonchev–Trinajstić information content (AvgIpc) is 3.73. The van der Waals surface area contributed by atoms with Crippen LogP contribution in [0.25, 0.3) is 33.4 Å². The third kappa shape index (κ3) is 7.95. The van der Waals surface area contributed by atoms with Crippen LogP contribution in [0.15, 0.2) is 107 Å². The summed E-state index contributed by atoms with van der Waals surface area (Å²) in [4.78, 5) is 8.24. The molecule has 0 saturated carbocycles. The fraction of sp³-hybridized carbons (Fsp3) is 0.222. The fourth-order valence-electron chi connectivity index (χ4n) is 4.87. The lowest BCUT2D eigenvalue weighted by atomic mass is 9.78. The van der Waals surface area contributed by atoms with Crippen molar-refractivity contribution in [3.8, 4) is 33.4 Å². The van der Waals surface area contributed by atoms with E-state index < -0.39 is 7.12 Å². The van der Waals surface area contributed by atoms with Crippen molar-refractivity contribution in [3.63, 3.8) is 0 Å². The van der Waals surface area contributed by atoms with Crippen molar-refractivity contribution in [2.45, 2.75) is 52.7 Å². The minimum Gasteiger partial charge on any atom is -0.399 e. The Balaban J connectivity index is 0.000000158. The number of hydrogen-bond donors (Lipinski definition) is 2. The van der Waals surface area contributed by atoms with Gasteiger partial charge in [0.25, 0.3) is 0 Å². The summed E-state index contributed by atoms with van der Waals surface area (Å²) in [5, 5.41) is 7.32. The Hall–Kier alpha value is -4.53. The second-order valence-electron chi connectivity index (χ2n) is 12.2. The first-order chi connectivity index (χ1) is 22.9. The van der Waals surface area contributed by atoms with Gasteiger partial charge in [0.2, 0.25) is 0 Å². The Bertz CT molecular complexity index is 1930. The largest absolute Gasteiger partial charge is 0.494 e. The van der Waals surface area contributed by atoms with Crippen LogP contribution in [0.3, 0.4) is 0 Å². The van der Waals surface area contributed by atoms with E-state index in [1.165, 1.54) is 0 Å². The molecule has 0 bridgehead atoms. The number of anilines is 2. The van der Waals surface area contributed by atoms with E-state index >= 15 is 0 Å². The van der Waals surface area contributed by atoms with Crippen molar-refractivity contribution in [2.24, 2.45) is 0 Å². The molecule has 7 rings (SSSR count). The number of nitrogens with two attached hydrogens (primary N) is 2. The first kappa shape index (κ1) is 34.8. The highest BCUT2D eigenvalue weighted by molar-refractivity contribution is 14.1. The van der Waals surface area contributed by atoms with Crippen molar-refractivity contribution >= 4 is 46.5 Å². The van der Waals surface area contributed by atoms with E-state index in [1.54, 1.807) is 37.2 Å². The molecule has 48 heavy (non-hydrogen) atoms. The molecular weight excluding hydrogens is 718 g/mol. The highest BCUT2D eigenvalue weighted by Crippen LogP contribution is 2.37. The van der Waals surface area contributed by atoms with Gasteiger partial charge >= 0.3 is 7.12 Å². The lowest BCUT2D eigenvalue weighted by molar-refractivity contribution is 0.00578. The first-order valence-electron chi connectivity index (χ1n) is 15.3. The summed E-state index contributed by atoms with van der Waals surface area (Å²) < 4.78 is 23.0. The van der Waals surface area contributed by atoms with Crippen LogP contribution in [0, 0.1) is 17.4 Å². The Morgan fingerprint density at radius 3 is 1.58 bits per heavy atom. The fourth-order valence-corrected chi connectivity index (χ4v) is 5.08. The summed E-state index contributed by atoms with van der Waals surface area (Å²) in [5.74, 6) is 1.68. The summed E-state index contributed by atoms with van der Waals surface area (Å²) in [5.41, 5.74) is 19.9. The summed E-state index contributed by atoms with van der Waals surface area (Å²) in [6, 6.07) is 19.6. The number of nitrogens with zero attached hydrogens (tertiary/aromatic N) is 4. The number of benzene rings is 2. The minimum atomic E-state index is -0.393. The summed E-state index contributed by atoms with van der Waals surface area (Å²) in [7, 11) is -0.393. The van der Waals surface area contributed by atoms with E-state index in [1.807, 2.05) is 102 Å². The molecule has 10 nitrogen and oxygen atoms in total. The van der Waals surface area contributed by atoms with Crippen LogP contribution in [0.2, 0.25) is 0 Å². The van der Waals surface area contributed by atoms with Gasteiger partial charge in [-0.25, -0.2) is 0 Å². The lowest BCUT2D eigenvalue weighted by Gasteiger charge is -2.32. The molecule has 6 aromatic rings. The molecule has 1 aliphatic heterocycles. The molecule has 0 atom stereocenters. The standard InChI is InChI=1S/C17H21BN2O2.C15H13N3O.C4H4INO/c1-16(2)17(3,4)22-18(21-16)13-7-8-14(15(19)10-13)12-6-5-9-20-11-12;1-10-14(9-18-19-10)11-4-5-13(15(16)7-11)12-3-2-6-17-8-12;1-3-4(5)2-6-7-3/h5-11H,19H2,1-4H3;2-9H,16H2,1H3;2H,1H3. The summed E-state index contributed by atoms with van der Waals surface area (Å²) in [6.45, 7) is 11.9. The maximum absolute atomic E-state index is 6.22. The van der Waals surface area contributed by atoms with Crippen molar-refractivity contribution < 1.29 is 18.4 Å². The van der Waals surface area contributed by atoms with Crippen LogP contribution in [0.5, 0.6) is 0 Å². The Kier molecular flexibility index (Phi) is 10.7. The normalized spacial score (nSPS) is 14.4. The number of rotatable bonds is 4. The summed E-state index contributed by atoms with van der Waals surface area (Å²) >= 11 is 2.16. The average molecular weight is 756 g/mol. The highest BCUT2D eigenvalue weighted by atomic mass is 127. The Labute approximate surface area is 294 Å². The number of hydrogen-bond acceptors (Lipinski definition) is 10. The SMILES string of the molecule is CC1(C)OB(c2ccc(-c3cccnc3)c(N)c2)OC1(C)C.Cc1oncc1-c1ccc(-c2cccnc2)c(N)c1.Cc1oncc1I. The van der Waals surface area contributed by atoms with Gasteiger partial charge in [-0.15, -0.1) is 0 Å². The van der Waals surface area contributed by atoms with Crippen molar-refractivity contribution in [1.82, 2.24) is 20.3 Å². The van der Waals surface area contributed by atoms with E-state index in [9.17, 15) is 0 Å². The molecule has 4 aromatic heterocycles. The molecule has 1 fully saturated rings. The molecule has 5 heterocycles. The molecule has 1 saturated heterocycles. The van der Waals surface area contributed by atoms with E-state index in [0.29, 0.717) is 11.4 Å². The van der Waals surface area contributed by atoms with Crippen LogP contribution >= 0.6 is 22.6 Å². The van der Waals surface area contributed by atoms with E-state index in [4.69, 9.17) is 29.8 Å². The Morgan fingerprint density at radius 2 is 1.17 bits per heavy atom. The number of pyridine rings is 2. The van der Waals surface area contributed by atoms with Gasteiger partial charge in [-0.05, 0) is 99.4 Å². The number of aromatic nitrogens is 4. The molecular formula is C36H38BIN6O4. The quantitative estimate of drug-likeness (QED) is 0.105. The van der Waals surface area contributed by atoms with Crippen LogP contribution in [-0.4, -0.2) is 38.6 Å².